The zero-order chi connectivity index (χ0) is 34.6. The van der Waals surface area contributed by atoms with Crippen molar-refractivity contribution in [2.24, 2.45) is 0 Å². The topological polar surface area (TPSA) is 124 Å². The van der Waals surface area contributed by atoms with E-state index in [4.69, 9.17) is 28.4 Å². The van der Waals surface area contributed by atoms with Gasteiger partial charge in [0.1, 0.15) is 23.0 Å². The van der Waals surface area contributed by atoms with Gasteiger partial charge in [0.2, 0.25) is 0 Å². The van der Waals surface area contributed by atoms with Crippen molar-refractivity contribution >= 4 is 23.9 Å². The minimum atomic E-state index is -0.534. The maximum Gasteiger partial charge on any atom is 0.343 e. The molecule has 48 heavy (non-hydrogen) atoms. The van der Waals surface area contributed by atoms with Crippen LogP contribution >= 0.6 is 0 Å². The SMILES string of the molecule is C=C(C)C(=O)OCCCCCC(=O)OCCCCCCOc1ccc(C(=O)Oc2ccc(C(=O)Oc3ccc(OCC)cc3)cc2)cc1. The van der Waals surface area contributed by atoms with Gasteiger partial charge in [0.05, 0.1) is 37.6 Å². The van der Waals surface area contributed by atoms with E-state index in [1.807, 2.05) is 6.92 Å². The quantitative estimate of drug-likeness (QED) is 0.0486. The number of unbranched alkanes of at least 4 members (excludes halogenated alkanes) is 5. The molecule has 0 heterocycles. The molecule has 0 amide bonds. The van der Waals surface area contributed by atoms with Crippen molar-refractivity contribution in [2.75, 3.05) is 26.4 Å². The highest BCUT2D eigenvalue weighted by Crippen LogP contribution is 2.21. The Hall–Kier alpha value is -5.12. The Labute approximate surface area is 281 Å². The van der Waals surface area contributed by atoms with Gasteiger partial charge in [-0.3, -0.25) is 4.79 Å². The van der Waals surface area contributed by atoms with Crippen molar-refractivity contribution in [1.29, 1.82) is 0 Å². The number of carbonyl (C=O) groups excluding carboxylic acids is 4. The molecule has 0 radical (unpaired) electrons. The van der Waals surface area contributed by atoms with Crippen LogP contribution in [0.25, 0.3) is 0 Å². The third-order valence-electron chi connectivity index (χ3n) is 6.91. The van der Waals surface area contributed by atoms with Crippen molar-refractivity contribution in [3.8, 4) is 23.0 Å². The normalized spacial score (nSPS) is 10.5. The van der Waals surface area contributed by atoms with E-state index in [1.54, 1.807) is 55.5 Å². The lowest BCUT2D eigenvalue weighted by molar-refractivity contribution is -0.144. The molecule has 0 unspecified atom stereocenters. The highest BCUT2D eigenvalue weighted by molar-refractivity contribution is 5.92. The molecular weight excluding hydrogens is 616 g/mol. The first-order valence-electron chi connectivity index (χ1n) is 16.2. The summed E-state index contributed by atoms with van der Waals surface area (Å²) in [5.74, 6) is 0.358. The van der Waals surface area contributed by atoms with Gasteiger partial charge in [-0.15, -0.1) is 0 Å². The molecule has 0 bridgehead atoms. The number of ether oxygens (including phenoxy) is 6. The molecule has 256 valence electrons. The number of carbonyl (C=O) groups is 4. The molecule has 0 spiro atoms. The van der Waals surface area contributed by atoms with E-state index < -0.39 is 11.9 Å². The molecule has 0 aliphatic rings. The molecule has 0 atom stereocenters. The summed E-state index contributed by atoms with van der Waals surface area (Å²) in [6.45, 7) is 8.83. The largest absolute Gasteiger partial charge is 0.494 e. The fraction of sp³-hybridized carbons (Fsp3) is 0.368. The fourth-order valence-electron chi connectivity index (χ4n) is 4.29. The summed E-state index contributed by atoms with van der Waals surface area (Å²) in [5, 5.41) is 0. The van der Waals surface area contributed by atoms with Gasteiger partial charge >= 0.3 is 23.9 Å². The van der Waals surface area contributed by atoms with Crippen LogP contribution in [0.2, 0.25) is 0 Å². The first-order valence-corrected chi connectivity index (χ1v) is 16.2. The average Bonchev–Trinajstić information content (AvgIpc) is 3.08. The lowest BCUT2D eigenvalue weighted by Crippen LogP contribution is -2.10. The molecule has 3 aromatic carbocycles. The lowest BCUT2D eigenvalue weighted by atomic mass is 10.2. The third-order valence-corrected chi connectivity index (χ3v) is 6.91. The zero-order valence-electron chi connectivity index (χ0n) is 27.7. The second-order valence-electron chi connectivity index (χ2n) is 10.9. The molecule has 0 fully saturated rings. The minimum Gasteiger partial charge on any atom is -0.494 e. The fourth-order valence-corrected chi connectivity index (χ4v) is 4.29. The van der Waals surface area contributed by atoms with Gasteiger partial charge in [-0.2, -0.15) is 0 Å². The van der Waals surface area contributed by atoms with Gasteiger partial charge < -0.3 is 28.4 Å². The van der Waals surface area contributed by atoms with E-state index in [-0.39, 0.29) is 11.9 Å². The monoisotopic (exact) mass is 660 g/mol. The van der Waals surface area contributed by atoms with E-state index in [1.165, 1.54) is 24.3 Å². The Morgan fingerprint density at radius 1 is 0.542 bits per heavy atom. The smallest absolute Gasteiger partial charge is 0.343 e. The van der Waals surface area contributed by atoms with Gasteiger partial charge in [0, 0.05) is 12.0 Å². The summed E-state index contributed by atoms with van der Waals surface area (Å²) in [6, 6.07) is 19.6. The summed E-state index contributed by atoms with van der Waals surface area (Å²) >= 11 is 0. The molecule has 0 saturated carbocycles. The Morgan fingerprint density at radius 2 is 0.979 bits per heavy atom. The molecule has 0 aliphatic heterocycles. The van der Waals surface area contributed by atoms with Gasteiger partial charge in [-0.25, -0.2) is 14.4 Å². The summed E-state index contributed by atoms with van der Waals surface area (Å²) in [5.41, 5.74) is 1.05. The summed E-state index contributed by atoms with van der Waals surface area (Å²) in [6.07, 6.45) is 6.03. The number of esters is 4. The van der Waals surface area contributed by atoms with E-state index in [2.05, 4.69) is 6.58 Å². The van der Waals surface area contributed by atoms with Crippen LogP contribution in [0.3, 0.4) is 0 Å². The van der Waals surface area contributed by atoms with E-state index in [0.717, 1.165) is 32.1 Å². The van der Waals surface area contributed by atoms with Crippen LogP contribution in [-0.2, 0) is 19.1 Å². The van der Waals surface area contributed by atoms with Crippen molar-refractivity contribution < 1.29 is 47.6 Å². The number of rotatable bonds is 21. The number of hydrogen-bond acceptors (Lipinski definition) is 10. The van der Waals surface area contributed by atoms with Crippen LogP contribution in [-0.4, -0.2) is 50.3 Å². The van der Waals surface area contributed by atoms with Gasteiger partial charge in [-0.05, 0) is 132 Å². The van der Waals surface area contributed by atoms with E-state index >= 15 is 0 Å². The second kappa shape index (κ2) is 20.9. The molecule has 0 saturated heterocycles. The van der Waals surface area contributed by atoms with Crippen LogP contribution in [0.5, 0.6) is 23.0 Å². The van der Waals surface area contributed by atoms with E-state index in [0.29, 0.717) is 85.4 Å². The Kier molecular flexibility index (Phi) is 16.3. The maximum atomic E-state index is 12.6. The second-order valence-corrected chi connectivity index (χ2v) is 10.9. The standard InChI is InChI=1S/C38H44O10/c1-4-43-31-21-23-34(24-22-31)48-38(42)30-15-19-33(20-16-30)47-37(41)29-13-17-32(18-14-29)44-25-9-5-6-10-26-45-35(39)12-8-7-11-27-46-36(40)28(2)3/h13-24H,2,4-12,25-27H2,1,3H3. The highest BCUT2D eigenvalue weighted by atomic mass is 16.5. The van der Waals surface area contributed by atoms with Crippen LogP contribution < -0.4 is 18.9 Å². The van der Waals surface area contributed by atoms with Crippen LogP contribution in [0.4, 0.5) is 0 Å². The van der Waals surface area contributed by atoms with Crippen molar-refractivity contribution in [3.63, 3.8) is 0 Å². The highest BCUT2D eigenvalue weighted by Gasteiger charge is 2.12. The van der Waals surface area contributed by atoms with Gasteiger partial charge in [-0.1, -0.05) is 6.58 Å². The lowest BCUT2D eigenvalue weighted by Gasteiger charge is -2.09. The number of hydrogen-bond donors (Lipinski definition) is 0. The maximum absolute atomic E-state index is 12.6. The molecular formula is C38H44O10. The van der Waals surface area contributed by atoms with Crippen LogP contribution in [0, 0.1) is 0 Å². The van der Waals surface area contributed by atoms with E-state index in [9.17, 15) is 19.2 Å². The summed E-state index contributed by atoms with van der Waals surface area (Å²) < 4.78 is 32.3. The summed E-state index contributed by atoms with van der Waals surface area (Å²) in [7, 11) is 0. The van der Waals surface area contributed by atoms with Gasteiger partial charge in [0.15, 0.2) is 0 Å². The predicted octanol–water partition coefficient (Wildman–Crippen LogP) is 7.69. The predicted molar refractivity (Wildman–Crippen MR) is 180 cm³/mol. The first kappa shape index (κ1) is 37.3. The molecule has 0 aromatic heterocycles. The van der Waals surface area contributed by atoms with Crippen molar-refractivity contribution in [2.45, 2.75) is 65.2 Å². The zero-order valence-corrected chi connectivity index (χ0v) is 27.7. The Bertz CT molecular complexity index is 1460. The molecule has 0 aliphatic carbocycles. The first-order chi connectivity index (χ1) is 23.2. The number of benzene rings is 3. The molecule has 10 heteroatoms. The third kappa shape index (κ3) is 14.1. The Balaban J connectivity index is 1.24. The molecule has 3 aromatic rings. The van der Waals surface area contributed by atoms with Crippen LogP contribution in [0.1, 0.15) is 85.9 Å². The molecule has 3 rings (SSSR count). The Morgan fingerprint density at radius 3 is 1.52 bits per heavy atom. The minimum absolute atomic E-state index is 0.207. The van der Waals surface area contributed by atoms with Crippen molar-refractivity contribution in [1.82, 2.24) is 0 Å². The summed E-state index contributed by atoms with van der Waals surface area (Å²) in [4.78, 5) is 48.2. The van der Waals surface area contributed by atoms with Crippen LogP contribution in [0.15, 0.2) is 84.9 Å². The molecule has 0 N–H and O–H groups in total. The van der Waals surface area contributed by atoms with Gasteiger partial charge in [0.25, 0.3) is 0 Å². The van der Waals surface area contributed by atoms with Crippen molar-refractivity contribution in [3.05, 3.63) is 96.1 Å². The average molecular weight is 661 g/mol. The molecule has 10 nitrogen and oxygen atoms in total.